The number of rotatable bonds is 6. The molecule has 2 fully saturated rings. The first-order valence-corrected chi connectivity index (χ1v) is 12.6. The summed E-state index contributed by atoms with van der Waals surface area (Å²) in [6, 6.07) is 14.0. The van der Waals surface area contributed by atoms with Crippen LogP contribution < -0.4 is 0 Å². The molecule has 0 N–H and O–H groups in total. The van der Waals surface area contributed by atoms with Crippen molar-refractivity contribution in [1.82, 2.24) is 24.8 Å². The molecule has 0 radical (unpaired) electrons. The topological polar surface area (TPSA) is 71.5 Å². The molecular weight excluding hydrogens is 438 g/mol. The molecule has 2 aliphatic heterocycles. The summed E-state index contributed by atoms with van der Waals surface area (Å²) in [4.78, 5) is 32.0. The van der Waals surface area contributed by atoms with Gasteiger partial charge in [-0.05, 0) is 42.5 Å². The average molecular weight is 472 g/mol. The van der Waals surface area contributed by atoms with Crippen molar-refractivity contribution >= 4 is 5.91 Å². The average Bonchev–Trinajstić information content (AvgIpc) is 2.92. The Balaban J connectivity index is 1.39. The molecule has 2 aliphatic rings. The summed E-state index contributed by atoms with van der Waals surface area (Å²) >= 11 is 0. The van der Waals surface area contributed by atoms with Gasteiger partial charge in [-0.3, -0.25) is 14.7 Å². The molecule has 2 aromatic heterocycles. The van der Waals surface area contributed by atoms with Gasteiger partial charge < -0.3 is 9.64 Å². The first-order valence-electron chi connectivity index (χ1n) is 12.6. The van der Waals surface area contributed by atoms with Gasteiger partial charge in [0.25, 0.3) is 0 Å². The lowest BCUT2D eigenvalue weighted by atomic mass is 9.89. The molecule has 7 heteroatoms. The highest BCUT2D eigenvalue weighted by Crippen LogP contribution is 2.32. The first-order chi connectivity index (χ1) is 17.2. The third-order valence-electron chi connectivity index (χ3n) is 7.02. The van der Waals surface area contributed by atoms with E-state index in [1.165, 1.54) is 5.56 Å². The molecule has 2 unspecified atom stereocenters. The molecule has 2 saturated heterocycles. The van der Waals surface area contributed by atoms with Gasteiger partial charge in [0, 0.05) is 57.1 Å². The second-order valence-electron chi connectivity index (χ2n) is 9.45. The van der Waals surface area contributed by atoms with Gasteiger partial charge in [0.1, 0.15) is 11.9 Å². The highest BCUT2D eigenvalue weighted by molar-refractivity contribution is 5.83. The number of benzene rings is 1. The van der Waals surface area contributed by atoms with Gasteiger partial charge in [-0.15, -0.1) is 0 Å². The largest absolute Gasteiger partial charge is 0.379 e. The number of piperidine rings is 1. The lowest BCUT2D eigenvalue weighted by Crippen LogP contribution is -2.49. The number of nitrogens with zero attached hydrogens (tertiary/aromatic N) is 5. The van der Waals surface area contributed by atoms with Gasteiger partial charge in [0.2, 0.25) is 5.91 Å². The van der Waals surface area contributed by atoms with Crippen LogP contribution in [-0.2, 0) is 16.0 Å². The number of hydrogen-bond donors (Lipinski definition) is 0. The minimum atomic E-state index is -0.331. The van der Waals surface area contributed by atoms with Crippen molar-refractivity contribution in [3.63, 3.8) is 0 Å². The predicted molar refractivity (Wildman–Crippen MR) is 134 cm³/mol. The minimum Gasteiger partial charge on any atom is -0.379 e. The van der Waals surface area contributed by atoms with Crippen LogP contribution >= 0.6 is 0 Å². The summed E-state index contributed by atoms with van der Waals surface area (Å²) < 4.78 is 5.56. The van der Waals surface area contributed by atoms with Crippen LogP contribution in [0.3, 0.4) is 0 Å². The van der Waals surface area contributed by atoms with Gasteiger partial charge in [-0.2, -0.15) is 0 Å². The van der Waals surface area contributed by atoms with E-state index in [2.05, 4.69) is 39.1 Å². The monoisotopic (exact) mass is 471 g/mol. The highest BCUT2D eigenvalue weighted by atomic mass is 16.5. The lowest BCUT2D eigenvalue weighted by molar-refractivity contribution is -0.140. The number of carbonyl (C=O) groups is 1. The Morgan fingerprint density at radius 3 is 2.69 bits per heavy atom. The van der Waals surface area contributed by atoms with Crippen molar-refractivity contribution in [3.05, 3.63) is 89.3 Å². The van der Waals surface area contributed by atoms with Gasteiger partial charge in [-0.25, -0.2) is 9.97 Å². The molecule has 4 heterocycles. The summed E-state index contributed by atoms with van der Waals surface area (Å²) in [7, 11) is 0. The van der Waals surface area contributed by atoms with Gasteiger partial charge in [0.15, 0.2) is 0 Å². The van der Waals surface area contributed by atoms with Crippen molar-refractivity contribution in [3.8, 4) is 0 Å². The Bertz CT molecular complexity index is 1120. The summed E-state index contributed by atoms with van der Waals surface area (Å²) in [6.07, 6.45) is 8.34. The molecular formula is C28H33N5O2. The maximum Gasteiger partial charge on any atom is 0.244 e. The highest BCUT2D eigenvalue weighted by Gasteiger charge is 2.35. The van der Waals surface area contributed by atoms with Crippen LogP contribution in [0.2, 0.25) is 0 Å². The van der Waals surface area contributed by atoms with Crippen LogP contribution in [-0.4, -0.2) is 70.1 Å². The number of likely N-dealkylation sites (tertiary alicyclic amines) is 1. The molecule has 7 nitrogen and oxygen atoms in total. The molecule has 0 bridgehead atoms. The molecule has 0 aliphatic carbocycles. The molecule has 1 aromatic carbocycles. The van der Waals surface area contributed by atoms with E-state index in [9.17, 15) is 4.79 Å². The molecule has 5 rings (SSSR count). The SMILES string of the molecule is Cc1ncc(Cc2ccccc2)c(C2CCCN(C(=O)C(c3cccnc3)N3CCOCC3)C2)n1. The van der Waals surface area contributed by atoms with Gasteiger partial charge in [-0.1, -0.05) is 36.4 Å². The Morgan fingerprint density at radius 1 is 1.09 bits per heavy atom. The van der Waals surface area contributed by atoms with Crippen LogP contribution in [0.1, 0.15) is 53.0 Å². The predicted octanol–water partition coefficient (Wildman–Crippen LogP) is 3.55. The van der Waals surface area contributed by atoms with Crippen molar-refractivity contribution in [2.45, 2.75) is 38.1 Å². The normalized spacial score (nSPS) is 19.9. The van der Waals surface area contributed by atoms with Gasteiger partial charge in [0.05, 0.1) is 18.9 Å². The lowest BCUT2D eigenvalue weighted by Gasteiger charge is -2.39. The maximum absolute atomic E-state index is 14.0. The zero-order valence-electron chi connectivity index (χ0n) is 20.3. The Kier molecular flexibility index (Phi) is 7.45. The van der Waals surface area contributed by atoms with Crippen LogP contribution in [0.5, 0.6) is 0 Å². The second kappa shape index (κ2) is 11.1. The van der Waals surface area contributed by atoms with Crippen LogP contribution in [0.25, 0.3) is 0 Å². The second-order valence-corrected chi connectivity index (χ2v) is 9.45. The van der Waals surface area contributed by atoms with E-state index in [0.717, 1.165) is 61.5 Å². The molecule has 1 amide bonds. The van der Waals surface area contributed by atoms with E-state index in [-0.39, 0.29) is 17.9 Å². The third kappa shape index (κ3) is 5.57. The molecule has 0 saturated carbocycles. The van der Waals surface area contributed by atoms with Crippen LogP contribution in [0.15, 0.2) is 61.1 Å². The Labute approximate surface area is 207 Å². The number of hydrogen-bond acceptors (Lipinski definition) is 6. The van der Waals surface area contributed by atoms with Crippen LogP contribution in [0.4, 0.5) is 0 Å². The quantitative estimate of drug-likeness (QED) is 0.548. The number of aromatic nitrogens is 3. The van der Waals surface area contributed by atoms with E-state index in [1.807, 2.05) is 42.4 Å². The zero-order valence-corrected chi connectivity index (χ0v) is 20.3. The van der Waals surface area contributed by atoms with Gasteiger partial charge >= 0.3 is 0 Å². The van der Waals surface area contributed by atoms with E-state index < -0.39 is 0 Å². The fraction of sp³-hybridized carbons (Fsp3) is 0.429. The maximum atomic E-state index is 14.0. The third-order valence-corrected chi connectivity index (χ3v) is 7.02. The summed E-state index contributed by atoms with van der Waals surface area (Å²) in [5.41, 5.74) is 4.43. The minimum absolute atomic E-state index is 0.153. The van der Waals surface area contributed by atoms with Crippen LogP contribution in [0, 0.1) is 6.92 Å². The van der Waals surface area contributed by atoms with E-state index in [4.69, 9.17) is 9.72 Å². The van der Waals surface area contributed by atoms with E-state index in [1.54, 1.807) is 6.20 Å². The fourth-order valence-electron chi connectivity index (χ4n) is 5.27. The van der Waals surface area contributed by atoms with Crippen molar-refractivity contribution < 1.29 is 9.53 Å². The molecule has 35 heavy (non-hydrogen) atoms. The molecule has 0 spiro atoms. The zero-order chi connectivity index (χ0) is 24.0. The number of ether oxygens (including phenoxy) is 1. The first kappa shape index (κ1) is 23.6. The molecule has 3 aromatic rings. The number of pyridine rings is 1. The van der Waals surface area contributed by atoms with Crippen molar-refractivity contribution in [1.29, 1.82) is 0 Å². The Hall–Kier alpha value is -3.16. The smallest absolute Gasteiger partial charge is 0.244 e. The molecule has 182 valence electrons. The molecule has 2 atom stereocenters. The summed E-state index contributed by atoms with van der Waals surface area (Å²) in [6.45, 7) is 6.18. The number of morpholine rings is 1. The standard InChI is InChI=1S/C28H33N5O2/c1-21-30-19-25(17-22-7-3-2-4-8-22)26(31-21)24-10-6-12-33(20-24)28(34)27(23-9-5-11-29-18-23)32-13-15-35-16-14-32/h2-5,7-9,11,18-19,24,27H,6,10,12-17,20H2,1H3. The number of aryl methyl sites for hydroxylation is 1. The summed E-state index contributed by atoms with van der Waals surface area (Å²) in [5.74, 6) is 1.13. The van der Waals surface area contributed by atoms with Crippen molar-refractivity contribution in [2.75, 3.05) is 39.4 Å². The van der Waals surface area contributed by atoms with E-state index in [0.29, 0.717) is 19.8 Å². The number of amides is 1. The Morgan fingerprint density at radius 2 is 1.91 bits per heavy atom. The summed E-state index contributed by atoms with van der Waals surface area (Å²) in [5, 5.41) is 0. The van der Waals surface area contributed by atoms with E-state index >= 15 is 0 Å². The van der Waals surface area contributed by atoms with Crippen molar-refractivity contribution in [2.24, 2.45) is 0 Å². The fourth-order valence-corrected chi connectivity index (χ4v) is 5.27. The number of carbonyl (C=O) groups excluding carboxylic acids is 1.